The van der Waals surface area contributed by atoms with Gasteiger partial charge < -0.3 is 4.90 Å². The zero-order chi connectivity index (χ0) is 9.84. The number of aryl methyl sites for hydroxylation is 1. The molecule has 0 atom stereocenters. The van der Waals surface area contributed by atoms with Gasteiger partial charge in [0.25, 0.3) is 5.91 Å². The van der Waals surface area contributed by atoms with Crippen LogP contribution in [-0.4, -0.2) is 29.9 Å². The largest absolute Gasteiger partial charge is 0.343 e. The van der Waals surface area contributed by atoms with Gasteiger partial charge in [-0.1, -0.05) is 13.0 Å². The van der Waals surface area contributed by atoms with E-state index in [1.54, 1.807) is 25.2 Å². The van der Waals surface area contributed by atoms with Gasteiger partial charge in [-0.05, 0) is 18.1 Å². The molecule has 0 saturated carbocycles. The number of pyridine rings is 1. The maximum Gasteiger partial charge on any atom is 0.272 e. The molecule has 0 aliphatic rings. The predicted molar refractivity (Wildman–Crippen MR) is 51.6 cm³/mol. The Morgan fingerprint density at radius 2 is 2.23 bits per heavy atom. The van der Waals surface area contributed by atoms with Crippen molar-refractivity contribution >= 4 is 5.91 Å². The first-order valence-corrected chi connectivity index (χ1v) is 4.32. The standard InChI is InChI=1S/C10H14N2O/c1-4-8-6-5-7-11-9(8)10(13)12(2)3/h5-7H,4H2,1-3H3. The van der Waals surface area contributed by atoms with Crippen LogP contribution in [0.25, 0.3) is 0 Å². The number of hydrogen-bond donors (Lipinski definition) is 0. The fourth-order valence-corrected chi connectivity index (χ4v) is 1.13. The molecule has 1 rings (SSSR count). The fourth-order valence-electron chi connectivity index (χ4n) is 1.13. The Morgan fingerprint density at radius 3 is 2.77 bits per heavy atom. The second-order valence-electron chi connectivity index (χ2n) is 3.06. The molecule has 0 radical (unpaired) electrons. The molecule has 1 amide bonds. The maximum atomic E-state index is 11.6. The molecule has 0 aromatic carbocycles. The molecule has 3 heteroatoms. The average Bonchev–Trinajstić information content (AvgIpc) is 2.16. The van der Waals surface area contributed by atoms with Crippen molar-refractivity contribution in [2.24, 2.45) is 0 Å². The van der Waals surface area contributed by atoms with E-state index in [4.69, 9.17) is 0 Å². The number of rotatable bonds is 2. The molecule has 0 aliphatic carbocycles. The topological polar surface area (TPSA) is 33.2 Å². The summed E-state index contributed by atoms with van der Waals surface area (Å²) >= 11 is 0. The number of hydrogen-bond acceptors (Lipinski definition) is 2. The Balaban J connectivity index is 3.06. The third kappa shape index (κ3) is 2.05. The summed E-state index contributed by atoms with van der Waals surface area (Å²) in [7, 11) is 3.47. The SMILES string of the molecule is CCc1cccnc1C(=O)N(C)C. The fraction of sp³-hybridized carbons (Fsp3) is 0.400. The summed E-state index contributed by atoms with van der Waals surface area (Å²) in [5, 5.41) is 0. The number of nitrogens with zero attached hydrogens (tertiary/aromatic N) is 2. The van der Waals surface area contributed by atoms with Crippen molar-refractivity contribution < 1.29 is 4.79 Å². The minimum absolute atomic E-state index is 0.0301. The van der Waals surface area contributed by atoms with Crippen LogP contribution in [0.1, 0.15) is 23.0 Å². The van der Waals surface area contributed by atoms with Crippen LogP contribution in [0.15, 0.2) is 18.3 Å². The highest BCUT2D eigenvalue weighted by atomic mass is 16.2. The third-order valence-corrected chi connectivity index (χ3v) is 1.88. The van der Waals surface area contributed by atoms with Gasteiger partial charge in [-0.15, -0.1) is 0 Å². The van der Waals surface area contributed by atoms with E-state index in [2.05, 4.69) is 4.98 Å². The van der Waals surface area contributed by atoms with Crippen molar-refractivity contribution in [3.8, 4) is 0 Å². The van der Waals surface area contributed by atoms with E-state index in [0.717, 1.165) is 12.0 Å². The van der Waals surface area contributed by atoms with Crippen molar-refractivity contribution in [1.29, 1.82) is 0 Å². The van der Waals surface area contributed by atoms with Crippen LogP contribution in [-0.2, 0) is 6.42 Å². The normalized spacial score (nSPS) is 9.77. The first-order valence-electron chi connectivity index (χ1n) is 4.32. The van der Waals surface area contributed by atoms with Gasteiger partial charge in [0.15, 0.2) is 0 Å². The maximum absolute atomic E-state index is 11.6. The molecule has 1 aromatic rings. The Kier molecular flexibility index (Phi) is 3.01. The summed E-state index contributed by atoms with van der Waals surface area (Å²) in [6.07, 6.45) is 2.48. The van der Waals surface area contributed by atoms with E-state index in [9.17, 15) is 4.79 Å². The monoisotopic (exact) mass is 178 g/mol. The first kappa shape index (κ1) is 9.71. The lowest BCUT2D eigenvalue weighted by Gasteiger charge is -2.11. The molecule has 0 spiro atoms. The zero-order valence-corrected chi connectivity index (χ0v) is 8.24. The van der Waals surface area contributed by atoms with Crippen LogP contribution < -0.4 is 0 Å². The molecule has 0 bridgehead atoms. The van der Waals surface area contributed by atoms with Gasteiger partial charge in [-0.2, -0.15) is 0 Å². The molecular formula is C10H14N2O. The van der Waals surface area contributed by atoms with Gasteiger partial charge in [0.2, 0.25) is 0 Å². The number of carbonyl (C=O) groups excluding carboxylic acids is 1. The summed E-state index contributed by atoms with van der Waals surface area (Å²) in [6, 6.07) is 3.79. The van der Waals surface area contributed by atoms with E-state index in [1.165, 1.54) is 0 Å². The van der Waals surface area contributed by atoms with Crippen molar-refractivity contribution in [2.45, 2.75) is 13.3 Å². The van der Waals surface area contributed by atoms with Crippen LogP contribution in [0.2, 0.25) is 0 Å². The Labute approximate surface area is 78.4 Å². The van der Waals surface area contributed by atoms with Crippen molar-refractivity contribution in [2.75, 3.05) is 14.1 Å². The zero-order valence-electron chi connectivity index (χ0n) is 8.24. The summed E-state index contributed by atoms with van der Waals surface area (Å²) in [5.41, 5.74) is 1.57. The molecule has 1 heterocycles. The molecule has 0 aliphatic heterocycles. The Hall–Kier alpha value is -1.38. The van der Waals surface area contributed by atoms with Crippen molar-refractivity contribution in [3.63, 3.8) is 0 Å². The minimum Gasteiger partial charge on any atom is -0.343 e. The highest BCUT2D eigenvalue weighted by Gasteiger charge is 2.12. The first-order chi connectivity index (χ1) is 6.16. The Bertz CT molecular complexity index is 308. The van der Waals surface area contributed by atoms with Crippen LogP contribution >= 0.6 is 0 Å². The number of carbonyl (C=O) groups is 1. The molecule has 0 N–H and O–H groups in total. The smallest absolute Gasteiger partial charge is 0.272 e. The molecule has 0 unspecified atom stereocenters. The molecular weight excluding hydrogens is 164 g/mol. The summed E-state index contributed by atoms with van der Waals surface area (Å²) in [4.78, 5) is 17.2. The lowest BCUT2D eigenvalue weighted by atomic mass is 10.1. The van der Waals surface area contributed by atoms with E-state index in [-0.39, 0.29) is 5.91 Å². The highest BCUT2D eigenvalue weighted by Crippen LogP contribution is 2.07. The molecule has 3 nitrogen and oxygen atoms in total. The van der Waals surface area contributed by atoms with Gasteiger partial charge in [-0.25, -0.2) is 0 Å². The van der Waals surface area contributed by atoms with E-state index < -0.39 is 0 Å². The molecule has 70 valence electrons. The van der Waals surface area contributed by atoms with Gasteiger partial charge >= 0.3 is 0 Å². The second-order valence-corrected chi connectivity index (χ2v) is 3.06. The quantitative estimate of drug-likeness (QED) is 0.684. The van der Waals surface area contributed by atoms with Crippen LogP contribution in [0.3, 0.4) is 0 Å². The average molecular weight is 178 g/mol. The number of amides is 1. The summed E-state index contributed by atoms with van der Waals surface area (Å²) in [6.45, 7) is 2.02. The van der Waals surface area contributed by atoms with Gasteiger partial charge in [0, 0.05) is 20.3 Å². The Morgan fingerprint density at radius 1 is 1.54 bits per heavy atom. The van der Waals surface area contributed by atoms with E-state index >= 15 is 0 Å². The minimum atomic E-state index is -0.0301. The van der Waals surface area contributed by atoms with Crippen LogP contribution in [0.5, 0.6) is 0 Å². The summed E-state index contributed by atoms with van der Waals surface area (Å²) in [5.74, 6) is -0.0301. The molecule has 13 heavy (non-hydrogen) atoms. The number of aromatic nitrogens is 1. The second kappa shape index (κ2) is 4.03. The van der Waals surface area contributed by atoms with Crippen molar-refractivity contribution in [3.05, 3.63) is 29.6 Å². The van der Waals surface area contributed by atoms with Crippen molar-refractivity contribution in [1.82, 2.24) is 9.88 Å². The lowest BCUT2D eigenvalue weighted by molar-refractivity contribution is 0.0821. The van der Waals surface area contributed by atoms with E-state index in [0.29, 0.717) is 5.69 Å². The van der Waals surface area contributed by atoms with Crippen LogP contribution in [0.4, 0.5) is 0 Å². The predicted octanol–water partition coefficient (Wildman–Crippen LogP) is 1.35. The van der Waals surface area contributed by atoms with Crippen LogP contribution in [0, 0.1) is 0 Å². The lowest BCUT2D eigenvalue weighted by Crippen LogP contribution is -2.24. The molecule has 0 fully saturated rings. The van der Waals surface area contributed by atoms with E-state index in [1.807, 2.05) is 19.1 Å². The van der Waals surface area contributed by atoms with Gasteiger partial charge in [0.1, 0.15) is 5.69 Å². The molecule has 0 saturated heterocycles. The van der Waals surface area contributed by atoms with Gasteiger partial charge in [0.05, 0.1) is 0 Å². The highest BCUT2D eigenvalue weighted by molar-refractivity contribution is 5.93. The molecule has 1 aromatic heterocycles. The third-order valence-electron chi connectivity index (χ3n) is 1.88. The van der Waals surface area contributed by atoms with Gasteiger partial charge in [-0.3, -0.25) is 9.78 Å². The summed E-state index contributed by atoms with van der Waals surface area (Å²) < 4.78 is 0.